The lowest BCUT2D eigenvalue weighted by atomic mass is 9.62. The van der Waals surface area contributed by atoms with Gasteiger partial charge in [0.25, 0.3) is 0 Å². The molecule has 0 spiro atoms. The van der Waals surface area contributed by atoms with Crippen LogP contribution < -0.4 is 0 Å². The van der Waals surface area contributed by atoms with Crippen LogP contribution in [0.25, 0.3) is 0 Å². The Bertz CT molecular complexity index is 1110. The van der Waals surface area contributed by atoms with E-state index in [1.54, 1.807) is 0 Å². The first kappa shape index (κ1) is 39.9. The van der Waals surface area contributed by atoms with Crippen molar-refractivity contribution in [1.29, 1.82) is 0 Å². The lowest BCUT2D eigenvalue weighted by molar-refractivity contribution is 0.194. The van der Waals surface area contributed by atoms with Crippen molar-refractivity contribution in [2.45, 2.75) is 181 Å². The fraction of sp³-hybridized carbons (Fsp3) is 0.707. The number of rotatable bonds is 15. The largest absolute Gasteiger partial charge is 0.328 e. The van der Waals surface area contributed by atoms with Crippen molar-refractivity contribution >= 4 is 8.60 Å². The third-order valence-electron chi connectivity index (χ3n) is 9.55. The maximum Gasteiger partial charge on any atom is 0.327 e. The molecule has 0 unspecified atom stereocenters. The monoisotopic (exact) mass is 640 g/mol. The Hall–Kier alpha value is -1.25. The summed E-state index contributed by atoms with van der Waals surface area (Å²) in [5.41, 5.74) is 7.05. The highest BCUT2D eigenvalue weighted by atomic mass is 31.2. The average molecular weight is 641 g/mol. The molecule has 3 nitrogen and oxygen atoms in total. The first-order valence-electron chi connectivity index (χ1n) is 17.8. The molecule has 0 aliphatic heterocycles. The van der Waals surface area contributed by atoms with E-state index in [1.807, 2.05) is 0 Å². The van der Waals surface area contributed by atoms with Crippen LogP contribution in [0.15, 0.2) is 36.4 Å². The van der Waals surface area contributed by atoms with Crippen LogP contribution in [0.4, 0.5) is 0 Å². The standard InChI is InChI=1S/C41H69O3P/c1-14-15-16-17-18-19-20-21-22-27-41(30-44-45(42)43,33-25-23-31(37(2,3)4)28-35(33)39(8,9)10)34-26-24-32(38(5,6)7)29-36(34)40(11,12)13/h23-26,28-29,42-43H,14-22,27,30H2,1-13H3. The van der Waals surface area contributed by atoms with Gasteiger partial charge in [-0.15, -0.1) is 0 Å². The summed E-state index contributed by atoms with van der Waals surface area (Å²) in [5, 5.41) is 0. The first-order chi connectivity index (χ1) is 20.6. The third-order valence-corrected chi connectivity index (χ3v) is 9.91. The Morgan fingerprint density at radius 1 is 0.511 bits per heavy atom. The van der Waals surface area contributed by atoms with Gasteiger partial charge in [-0.1, -0.05) is 184 Å². The highest BCUT2D eigenvalue weighted by Gasteiger charge is 2.42. The van der Waals surface area contributed by atoms with Gasteiger partial charge in [0.2, 0.25) is 0 Å². The Morgan fingerprint density at radius 3 is 1.22 bits per heavy atom. The molecule has 0 aliphatic carbocycles. The van der Waals surface area contributed by atoms with E-state index >= 15 is 0 Å². The van der Waals surface area contributed by atoms with Gasteiger partial charge >= 0.3 is 8.60 Å². The summed E-state index contributed by atoms with van der Waals surface area (Å²) in [6.45, 7) is 30.0. The van der Waals surface area contributed by atoms with E-state index in [2.05, 4.69) is 126 Å². The van der Waals surface area contributed by atoms with Crippen LogP contribution in [0, 0.1) is 0 Å². The van der Waals surface area contributed by atoms with Crippen LogP contribution in [-0.2, 0) is 31.6 Å². The molecule has 0 heterocycles. The smallest absolute Gasteiger partial charge is 0.327 e. The zero-order valence-corrected chi connectivity index (χ0v) is 32.4. The predicted molar refractivity (Wildman–Crippen MR) is 198 cm³/mol. The minimum atomic E-state index is -2.50. The van der Waals surface area contributed by atoms with Gasteiger partial charge in [0, 0.05) is 5.41 Å². The predicted octanol–water partition coefficient (Wildman–Crippen LogP) is 12.3. The molecule has 2 rings (SSSR count). The van der Waals surface area contributed by atoms with Crippen molar-refractivity contribution in [2.24, 2.45) is 0 Å². The van der Waals surface area contributed by atoms with E-state index in [9.17, 15) is 9.79 Å². The molecule has 0 bridgehead atoms. The molecule has 0 atom stereocenters. The highest BCUT2D eigenvalue weighted by molar-refractivity contribution is 7.39. The quantitative estimate of drug-likeness (QED) is 0.150. The summed E-state index contributed by atoms with van der Waals surface area (Å²) in [6, 6.07) is 14.1. The van der Waals surface area contributed by atoms with Crippen LogP contribution in [0.1, 0.15) is 188 Å². The molecule has 45 heavy (non-hydrogen) atoms. The summed E-state index contributed by atoms with van der Waals surface area (Å²) in [5.74, 6) is 0. The number of hydrogen-bond donors (Lipinski definition) is 2. The second-order valence-electron chi connectivity index (χ2n) is 17.7. The molecule has 256 valence electrons. The van der Waals surface area contributed by atoms with E-state index in [-0.39, 0.29) is 28.3 Å². The maximum absolute atomic E-state index is 10.2. The van der Waals surface area contributed by atoms with Crippen molar-refractivity contribution in [1.82, 2.24) is 0 Å². The average Bonchev–Trinajstić information content (AvgIpc) is 2.91. The second-order valence-corrected chi connectivity index (χ2v) is 18.5. The van der Waals surface area contributed by atoms with Crippen molar-refractivity contribution in [3.63, 3.8) is 0 Å². The fourth-order valence-corrected chi connectivity index (χ4v) is 6.98. The molecule has 0 fully saturated rings. The molecule has 0 saturated carbocycles. The highest BCUT2D eigenvalue weighted by Crippen LogP contribution is 2.49. The van der Waals surface area contributed by atoms with Gasteiger partial charge in [0.05, 0.1) is 6.61 Å². The maximum atomic E-state index is 10.2. The van der Waals surface area contributed by atoms with Crippen molar-refractivity contribution in [3.8, 4) is 0 Å². The summed E-state index contributed by atoms with van der Waals surface area (Å²) in [7, 11) is -2.50. The topological polar surface area (TPSA) is 49.7 Å². The molecule has 0 aromatic heterocycles. The van der Waals surface area contributed by atoms with Crippen LogP contribution in [0.3, 0.4) is 0 Å². The molecule has 0 aliphatic rings. The van der Waals surface area contributed by atoms with Gasteiger partial charge in [0.15, 0.2) is 0 Å². The number of benzene rings is 2. The number of hydrogen-bond acceptors (Lipinski definition) is 3. The van der Waals surface area contributed by atoms with E-state index in [0.717, 1.165) is 12.8 Å². The molecule has 0 amide bonds. The van der Waals surface area contributed by atoms with E-state index < -0.39 is 14.0 Å². The van der Waals surface area contributed by atoms with Gasteiger partial charge in [-0.05, 0) is 61.5 Å². The van der Waals surface area contributed by atoms with Crippen molar-refractivity contribution in [3.05, 3.63) is 69.8 Å². The zero-order valence-electron chi connectivity index (χ0n) is 31.5. The van der Waals surface area contributed by atoms with Gasteiger partial charge in [0.1, 0.15) is 0 Å². The molecular weight excluding hydrogens is 571 g/mol. The number of unbranched alkanes of at least 4 members (excludes halogenated alkanes) is 8. The third kappa shape index (κ3) is 11.4. The van der Waals surface area contributed by atoms with Crippen LogP contribution in [0.2, 0.25) is 0 Å². The Kier molecular flexibility index (Phi) is 14.4. The lowest BCUT2D eigenvalue weighted by Crippen LogP contribution is -2.38. The molecular formula is C41H69O3P. The van der Waals surface area contributed by atoms with Crippen LogP contribution >= 0.6 is 8.60 Å². The lowest BCUT2D eigenvalue weighted by Gasteiger charge is -2.43. The SMILES string of the molecule is CCCCCCCCCCCC(COP(O)O)(c1ccc(C(C)(C)C)cc1C(C)(C)C)c1ccc(C(C)(C)C)cc1C(C)(C)C. The second kappa shape index (κ2) is 16.2. The molecule has 2 N–H and O–H groups in total. The molecule has 0 saturated heterocycles. The zero-order chi connectivity index (χ0) is 34.3. The molecule has 2 aromatic rings. The minimum Gasteiger partial charge on any atom is -0.328 e. The first-order valence-corrected chi connectivity index (χ1v) is 18.9. The fourth-order valence-electron chi connectivity index (χ4n) is 6.64. The van der Waals surface area contributed by atoms with Crippen molar-refractivity contribution in [2.75, 3.05) is 6.61 Å². The summed E-state index contributed by atoms with van der Waals surface area (Å²) >= 11 is 0. The Labute approximate surface area is 280 Å². The Morgan fingerprint density at radius 2 is 0.889 bits per heavy atom. The van der Waals surface area contributed by atoms with E-state index in [0.29, 0.717) is 0 Å². The summed E-state index contributed by atoms with van der Waals surface area (Å²) in [6.07, 6.45) is 12.3. The van der Waals surface area contributed by atoms with Crippen molar-refractivity contribution < 1.29 is 14.3 Å². The van der Waals surface area contributed by atoms with Gasteiger partial charge in [-0.2, -0.15) is 0 Å². The van der Waals surface area contributed by atoms with E-state index in [4.69, 9.17) is 4.52 Å². The van der Waals surface area contributed by atoms with E-state index in [1.165, 1.54) is 84.7 Å². The van der Waals surface area contributed by atoms with Gasteiger partial charge < -0.3 is 14.3 Å². The Balaban J connectivity index is 2.83. The minimum absolute atomic E-state index is 0.0181. The van der Waals surface area contributed by atoms with Crippen LogP contribution in [-0.4, -0.2) is 16.4 Å². The normalized spacial score (nSPS) is 13.6. The van der Waals surface area contributed by atoms with Gasteiger partial charge in [-0.3, -0.25) is 0 Å². The summed E-state index contributed by atoms with van der Waals surface area (Å²) in [4.78, 5) is 20.4. The van der Waals surface area contributed by atoms with Gasteiger partial charge in [-0.25, -0.2) is 0 Å². The molecule has 4 heteroatoms. The molecule has 2 aromatic carbocycles. The van der Waals surface area contributed by atoms with Crippen LogP contribution in [0.5, 0.6) is 0 Å². The summed E-state index contributed by atoms with van der Waals surface area (Å²) < 4.78 is 5.96. The molecule has 0 radical (unpaired) electrons.